The highest BCUT2D eigenvalue weighted by atomic mass is 14.8. The van der Waals surface area contributed by atoms with Crippen molar-refractivity contribution in [2.24, 2.45) is 0 Å². The Morgan fingerprint density at radius 2 is 1.65 bits per heavy atom. The maximum absolute atomic E-state index is 3.72. The summed E-state index contributed by atoms with van der Waals surface area (Å²) in [4.78, 5) is 0. The number of hydrogen-bond donors (Lipinski definition) is 1. The van der Waals surface area contributed by atoms with Crippen LogP contribution in [0.5, 0.6) is 0 Å². The lowest BCUT2D eigenvalue weighted by atomic mass is 10.1. The average molecular weight is 237 g/mol. The van der Waals surface area contributed by atoms with Gasteiger partial charge in [0.1, 0.15) is 0 Å². The molecular formula is C16H31N. The fourth-order valence-electron chi connectivity index (χ4n) is 1.80. The zero-order chi connectivity index (χ0) is 12.6. The minimum absolute atomic E-state index is 1.03. The van der Waals surface area contributed by atoms with Crippen molar-refractivity contribution in [2.75, 3.05) is 13.1 Å². The molecule has 0 aliphatic heterocycles. The van der Waals surface area contributed by atoms with E-state index in [1.54, 1.807) is 0 Å². The van der Waals surface area contributed by atoms with Gasteiger partial charge in [0.2, 0.25) is 0 Å². The first-order valence-corrected chi connectivity index (χ1v) is 7.38. The van der Waals surface area contributed by atoms with Gasteiger partial charge in [0, 0.05) is 6.54 Å². The van der Waals surface area contributed by atoms with E-state index in [0.29, 0.717) is 0 Å². The predicted octanol–water partition coefficient (Wildman–Crippen LogP) is 4.85. The molecule has 0 aromatic carbocycles. The summed E-state index contributed by atoms with van der Waals surface area (Å²) in [5.74, 6) is 0. The van der Waals surface area contributed by atoms with Gasteiger partial charge in [0.25, 0.3) is 0 Å². The summed E-state index contributed by atoms with van der Waals surface area (Å²) >= 11 is 0. The summed E-state index contributed by atoms with van der Waals surface area (Å²) in [6, 6.07) is 0. The molecule has 0 saturated carbocycles. The van der Waals surface area contributed by atoms with Crippen molar-refractivity contribution in [2.45, 2.75) is 64.7 Å². The SMILES string of the molecule is C=CCCC/C=C/CNCCCCCCCC. The number of rotatable bonds is 13. The van der Waals surface area contributed by atoms with Gasteiger partial charge < -0.3 is 5.32 Å². The highest BCUT2D eigenvalue weighted by Gasteiger charge is 1.89. The second kappa shape index (κ2) is 15.4. The molecule has 1 nitrogen and oxygen atoms in total. The van der Waals surface area contributed by atoms with Gasteiger partial charge in [-0.25, -0.2) is 0 Å². The standard InChI is InChI=1S/C16H31N/c1-3-5-7-9-11-13-15-17-16-14-12-10-8-6-4-2/h3,11,13,17H,1,4-10,12,14-16H2,2H3/b13-11+. The fourth-order valence-corrected chi connectivity index (χ4v) is 1.80. The van der Waals surface area contributed by atoms with Crippen LogP contribution in [0.1, 0.15) is 64.7 Å². The van der Waals surface area contributed by atoms with Crippen molar-refractivity contribution in [1.29, 1.82) is 0 Å². The van der Waals surface area contributed by atoms with Crippen LogP contribution in [-0.4, -0.2) is 13.1 Å². The second-order valence-corrected chi connectivity index (χ2v) is 4.66. The summed E-state index contributed by atoms with van der Waals surface area (Å²) in [5, 5.41) is 3.46. The molecule has 0 spiro atoms. The third kappa shape index (κ3) is 15.4. The van der Waals surface area contributed by atoms with Crippen LogP contribution in [0, 0.1) is 0 Å². The van der Waals surface area contributed by atoms with Crippen molar-refractivity contribution in [3.8, 4) is 0 Å². The van der Waals surface area contributed by atoms with Crippen LogP contribution in [-0.2, 0) is 0 Å². The smallest absolute Gasteiger partial charge is 0.0134 e. The first-order chi connectivity index (χ1) is 8.41. The minimum atomic E-state index is 1.03. The van der Waals surface area contributed by atoms with E-state index < -0.39 is 0 Å². The second-order valence-electron chi connectivity index (χ2n) is 4.66. The highest BCUT2D eigenvalue weighted by Crippen LogP contribution is 2.03. The first kappa shape index (κ1) is 16.4. The van der Waals surface area contributed by atoms with Crippen LogP contribution < -0.4 is 5.32 Å². The highest BCUT2D eigenvalue weighted by molar-refractivity contribution is 4.84. The molecule has 0 amide bonds. The Balaban J connectivity index is 3.00. The topological polar surface area (TPSA) is 12.0 Å². The molecule has 0 saturated heterocycles. The molecule has 0 fully saturated rings. The van der Waals surface area contributed by atoms with Gasteiger partial charge in [-0.05, 0) is 32.2 Å². The maximum atomic E-state index is 3.72. The summed E-state index contributed by atoms with van der Waals surface area (Å²) in [7, 11) is 0. The van der Waals surface area contributed by atoms with Crippen molar-refractivity contribution >= 4 is 0 Å². The molecule has 0 aliphatic carbocycles. The molecule has 0 heterocycles. The molecule has 0 unspecified atom stereocenters. The molecule has 1 N–H and O–H groups in total. The molecule has 0 rings (SSSR count). The van der Waals surface area contributed by atoms with E-state index in [2.05, 4.69) is 31.0 Å². The normalized spacial score (nSPS) is 11.1. The van der Waals surface area contributed by atoms with E-state index >= 15 is 0 Å². The maximum Gasteiger partial charge on any atom is 0.0134 e. The van der Waals surface area contributed by atoms with Crippen LogP contribution in [0.15, 0.2) is 24.8 Å². The molecule has 0 aromatic rings. The van der Waals surface area contributed by atoms with Crippen molar-refractivity contribution < 1.29 is 0 Å². The molecule has 1 heteroatoms. The largest absolute Gasteiger partial charge is 0.313 e. The molecule has 17 heavy (non-hydrogen) atoms. The molecule has 0 radical (unpaired) electrons. The lowest BCUT2D eigenvalue weighted by molar-refractivity contribution is 0.585. The average Bonchev–Trinajstić information content (AvgIpc) is 2.35. The van der Waals surface area contributed by atoms with Gasteiger partial charge in [-0.3, -0.25) is 0 Å². The van der Waals surface area contributed by atoms with E-state index in [-0.39, 0.29) is 0 Å². The van der Waals surface area contributed by atoms with E-state index in [1.165, 1.54) is 57.9 Å². The Bertz CT molecular complexity index is 172. The number of hydrogen-bond acceptors (Lipinski definition) is 1. The molecule has 100 valence electrons. The van der Waals surface area contributed by atoms with E-state index in [9.17, 15) is 0 Å². The lowest BCUT2D eigenvalue weighted by Gasteiger charge is -2.01. The van der Waals surface area contributed by atoms with Gasteiger partial charge in [-0.15, -0.1) is 6.58 Å². The van der Waals surface area contributed by atoms with Crippen LogP contribution in [0.3, 0.4) is 0 Å². The lowest BCUT2D eigenvalue weighted by Crippen LogP contribution is -2.14. The number of allylic oxidation sites excluding steroid dienone is 2. The predicted molar refractivity (Wildman–Crippen MR) is 79.4 cm³/mol. The van der Waals surface area contributed by atoms with Gasteiger partial charge in [-0.2, -0.15) is 0 Å². The van der Waals surface area contributed by atoms with Crippen LogP contribution in [0.4, 0.5) is 0 Å². The number of unbranched alkanes of at least 4 members (excludes halogenated alkanes) is 7. The van der Waals surface area contributed by atoms with Crippen LogP contribution in [0.25, 0.3) is 0 Å². The Morgan fingerprint density at radius 3 is 2.41 bits per heavy atom. The van der Waals surface area contributed by atoms with E-state index in [0.717, 1.165) is 13.0 Å². The Morgan fingerprint density at radius 1 is 0.882 bits per heavy atom. The molecule has 0 aliphatic rings. The summed E-state index contributed by atoms with van der Waals surface area (Å²) in [5.41, 5.74) is 0. The van der Waals surface area contributed by atoms with Gasteiger partial charge in [0.05, 0.1) is 0 Å². The summed E-state index contributed by atoms with van der Waals surface area (Å²) in [6.07, 6.45) is 18.4. The number of nitrogens with one attached hydrogen (secondary N) is 1. The third-order valence-corrected chi connectivity index (χ3v) is 2.92. The van der Waals surface area contributed by atoms with Crippen molar-refractivity contribution in [1.82, 2.24) is 5.32 Å². The molecule has 0 bridgehead atoms. The Hall–Kier alpha value is -0.560. The minimum Gasteiger partial charge on any atom is -0.313 e. The van der Waals surface area contributed by atoms with E-state index in [4.69, 9.17) is 0 Å². The van der Waals surface area contributed by atoms with Crippen molar-refractivity contribution in [3.63, 3.8) is 0 Å². The Labute approximate surface area is 108 Å². The Kier molecular flexibility index (Phi) is 14.9. The quantitative estimate of drug-likeness (QED) is 0.357. The molecule has 0 aromatic heterocycles. The van der Waals surface area contributed by atoms with Crippen LogP contribution >= 0.6 is 0 Å². The van der Waals surface area contributed by atoms with Crippen LogP contribution in [0.2, 0.25) is 0 Å². The van der Waals surface area contributed by atoms with Gasteiger partial charge >= 0.3 is 0 Å². The fraction of sp³-hybridized carbons (Fsp3) is 0.750. The van der Waals surface area contributed by atoms with Gasteiger partial charge in [0.15, 0.2) is 0 Å². The molecular weight excluding hydrogens is 206 g/mol. The monoisotopic (exact) mass is 237 g/mol. The zero-order valence-electron chi connectivity index (χ0n) is 11.7. The first-order valence-electron chi connectivity index (χ1n) is 7.38. The summed E-state index contributed by atoms with van der Waals surface area (Å²) in [6.45, 7) is 8.19. The van der Waals surface area contributed by atoms with E-state index in [1.807, 2.05) is 6.08 Å². The van der Waals surface area contributed by atoms with Crippen molar-refractivity contribution in [3.05, 3.63) is 24.8 Å². The third-order valence-electron chi connectivity index (χ3n) is 2.92. The van der Waals surface area contributed by atoms with Gasteiger partial charge in [-0.1, -0.05) is 57.3 Å². The molecule has 0 atom stereocenters. The zero-order valence-corrected chi connectivity index (χ0v) is 11.7. The summed E-state index contributed by atoms with van der Waals surface area (Å²) < 4.78 is 0.